The first-order chi connectivity index (χ1) is 9.29. The Bertz CT molecular complexity index is 740. The van der Waals surface area contributed by atoms with Crippen molar-refractivity contribution in [2.24, 2.45) is 0 Å². The first-order valence-electron chi connectivity index (χ1n) is 6.48. The van der Waals surface area contributed by atoms with E-state index in [-0.39, 0.29) is 5.75 Å². The van der Waals surface area contributed by atoms with Crippen LogP contribution in [-0.2, 0) is 0 Å². The molecular formula is C15H13NO2S. The van der Waals surface area contributed by atoms with Crippen LogP contribution in [0.4, 0.5) is 0 Å². The standard InChI is InChI=1S/C15H13NO2S/c17-11-4-5-13-10(6-11)7-14(18-13)15-16-12(8-19-15)9-2-1-3-9/h4-9,17H,1-3H2. The van der Waals surface area contributed by atoms with E-state index >= 15 is 0 Å². The van der Waals surface area contributed by atoms with Crippen LogP contribution >= 0.6 is 11.3 Å². The molecule has 0 bridgehead atoms. The number of aromatic hydroxyl groups is 1. The zero-order valence-electron chi connectivity index (χ0n) is 10.3. The van der Waals surface area contributed by atoms with Crippen molar-refractivity contribution in [3.63, 3.8) is 0 Å². The van der Waals surface area contributed by atoms with Gasteiger partial charge in [-0.2, -0.15) is 0 Å². The largest absolute Gasteiger partial charge is 0.508 e. The second-order valence-corrected chi connectivity index (χ2v) is 5.90. The van der Waals surface area contributed by atoms with Gasteiger partial charge in [0.15, 0.2) is 10.8 Å². The molecule has 4 rings (SSSR count). The number of phenolic OH excluding ortho intramolecular Hbond substituents is 1. The van der Waals surface area contributed by atoms with Crippen molar-refractivity contribution in [3.05, 3.63) is 35.3 Å². The Morgan fingerprint density at radius 1 is 1.26 bits per heavy atom. The Morgan fingerprint density at radius 3 is 2.95 bits per heavy atom. The van der Waals surface area contributed by atoms with Crippen molar-refractivity contribution in [1.82, 2.24) is 4.98 Å². The normalized spacial score (nSPS) is 15.8. The Hall–Kier alpha value is -1.81. The number of hydrogen-bond donors (Lipinski definition) is 1. The van der Waals surface area contributed by atoms with Crippen molar-refractivity contribution < 1.29 is 9.52 Å². The summed E-state index contributed by atoms with van der Waals surface area (Å²) < 4.78 is 5.79. The highest BCUT2D eigenvalue weighted by Crippen LogP contribution is 2.39. The van der Waals surface area contributed by atoms with Crippen molar-refractivity contribution in [2.45, 2.75) is 25.2 Å². The first-order valence-corrected chi connectivity index (χ1v) is 7.36. The number of phenols is 1. The summed E-state index contributed by atoms with van der Waals surface area (Å²) in [5, 5.41) is 13.5. The molecule has 0 spiro atoms. The molecule has 2 aromatic heterocycles. The number of benzene rings is 1. The number of nitrogens with zero attached hydrogens (tertiary/aromatic N) is 1. The molecule has 1 saturated carbocycles. The molecule has 0 aliphatic heterocycles. The van der Waals surface area contributed by atoms with E-state index < -0.39 is 0 Å². The number of fused-ring (bicyclic) bond motifs is 1. The molecule has 1 N–H and O–H groups in total. The van der Waals surface area contributed by atoms with Crippen molar-refractivity contribution >= 4 is 22.3 Å². The van der Waals surface area contributed by atoms with E-state index in [2.05, 4.69) is 10.4 Å². The van der Waals surface area contributed by atoms with E-state index in [1.807, 2.05) is 6.07 Å². The average molecular weight is 271 g/mol. The quantitative estimate of drug-likeness (QED) is 0.744. The molecule has 1 fully saturated rings. The predicted molar refractivity (Wildman–Crippen MR) is 75.6 cm³/mol. The van der Waals surface area contributed by atoms with Gasteiger partial charge >= 0.3 is 0 Å². The monoisotopic (exact) mass is 271 g/mol. The lowest BCUT2D eigenvalue weighted by atomic mass is 9.83. The van der Waals surface area contributed by atoms with Gasteiger partial charge in [0.25, 0.3) is 0 Å². The minimum Gasteiger partial charge on any atom is -0.508 e. The Morgan fingerprint density at radius 2 is 2.16 bits per heavy atom. The van der Waals surface area contributed by atoms with Crippen LogP contribution in [0.2, 0.25) is 0 Å². The molecular weight excluding hydrogens is 258 g/mol. The third-order valence-corrected chi connectivity index (χ3v) is 4.63. The van der Waals surface area contributed by atoms with Crippen LogP contribution in [-0.4, -0.2) is 10.1 Å². The third kappa shape index (κ3) is 1.83. The maximum Gasteiger partial charge on any atom is 0.164 e. The summed E-state index contributed by atoms with van der Waals surface area (Å²) >= 11 is 1.63. The zero-order valence-corrected chi connectivity index (χ0v) is 11.1. The second kappa shape index (κ2) is 4.10. The fourth-order valence-electron chi connectivity index (χ4n) is 2.43. The highest BCUT2D eigenvalue weighted by Gasteiger charge is 2.22. The smallest absolute Gasteiger partial charge is 0.164 e. The van der Waals surface area contributed by atoms with Crippen molar-refractivity contribution in [3.8, 4) is 16.5 Å². The molecule has 3 aromatic rings. The van der Waals surface area contributed by atoms with Crippen LogP contribution in [0.5, 0.6) is 5.75 Å². The molecule has 0 radical (unpaired) electrons. The number of furan rings is 1. The van der Waals surface area contributed by atoms with Crippen LogP contribution in [0.1, 0.15) is 30.9 Å². The summed E-state index contributed by atoms with van der Waals surface area (Å²) in [5.74, 6) is 1.70. The SMILES string of the molecule is Oc1ccc2oc(-c3nc(C4CCC4)cs3)cc2c1. The van der Waals surface area contributed by atoms with E-state index in [0.29, 0.717) is 5.92 Å². The molecule has 3 nitrogen and oxygen atoms in total. The number of thiazole rings is 1. The van der Waals surface area contributed by atoms with E-state index in [1.165, 1.54) is 25.0 Å². The molecule has 1 aliphatic carbocycles. The minimum absolute atomic E-state index is 0.258. The molecule has 1 aliphatic rings. The fraction of sp³-hybridized carbons (Fsp3) is 0.267. The summed E-state index contributed by atoms with van der Waals surface area (Å²) in [6, 6.07) is 7.08. The van der Waals surface area contributed by atoms with Crippen molar-refractivity contribution in [2.75, 3.05) is 0 Å². The summed E-state index contributed by atoms with van der Waals surface area (Å²) in [7, 11) is 0. The van der Waals surface area contributed by atoms with E-state index in [9.17, 15) is 5.11 Å². The van der Waals surface area contributed by atoms with Gasteiger partial charge in [0.1, 0.15) is 11.3 Å². The van der Waals surface area contributed by atoms with Gasteiger partial charge in [-0.3, -0.25) is 0 Å². The Kier molecular flexibility index (Phi) is 2.38. The Labute approximate surface area is 114 Å². The molecule has 0 atom stereocenters. The predicted octanol–water partition coefficient (Wildman–Crippen LogP) is 4.53. The van der Waals surface area contributed by atoms with Gasteiger partial charge in [0.2, 0.25) is 0 Å². The molecule has 19 heavy (non-hydrogen) atoms. The maximum absolute atomic E-state index is 9.47. The van der Waals surface area contributed by atoms with Crippen LogP contribution in [0, 0.1) is 0 Å². The van der Waals surface area contributed by atoms with Crippen molar-refractivity contribution in [1.29, 1.82) is 0 Å². The molecule has 1 aromatic carbocycles. The van der Waals surface area contributed by atoms with Gasteiger partial charge < -0.3 is 9.52 Å². The summed E-state index contributed by atoms with van der Waals surface area (Å²) in [5.41, 5.74) is 1.99. The molecule has 96 valence electrons. The lowest BCUT2D eigenvalue weighted by Gasteiger charge is -2.22. The zero-order chi connectivity index (χ0) is 12.8. The van der Waals surface area contributed by atoms with Crippen LogP contribution in [0.25, 0.3) is 21.7 Å². The number of hydrogen-bond acceptors (Lipinski definition) is 4. The number of aromatic nitrogens is 1. The summed E-state index contributed by atoms with van der Waals surface area (Å²) in [6.07, 6.45) is 3.84. The molecule has 0 saturated heterocycles. The van der Waals surface area contributed by atoms with Crippen LogP contribution in [0.15, 0.2) is 34.1 Å². The summed E-state index contributed by atoms with van der Waals surface area (Å²) in [6.45, 7) is 0. The van der Waals surface area contributed by atoms with Crippen LogP contribution in [0.3, 0.4) is 0 Å². The molecule has 2 heterocycles. The van der Waals surface area contributed by atoms with Gasteiger partial charge in [-0.25, -0.2) is 4.98 Å². The van der Waals surface area contributed by atoms with Gasteiger partial charge in [-0.05, 0) is 37.1 Å². The summed E-state index contributed by atoms with van der Waals surface area (Å²) in [4.78, 5) is 4.68. The fourth-order valence-corrected chi connectivity index (χ4v) is 3.28. The lowest BCUT2D eigenvalue weighted by molar-refractivity contribution is 0.413. The van der Waals surface area contributed by atoms with Gasteiger partial charge in [-0.15, -0.1) is 11.3 Å². The van der Waals surface area contributed by atoms with E-state index in [0.717, 1.165) is 21.7 Å². The second-order valence-electron chi connectivity index (χ2n) is 5.04. The molecule has 0 unspecified atom stereocenters. The van der Waals surface area contributed by atoms with E-state index in [4.69, 9.17) is 4.42 Å². The minimum atomic E-state index is 0.258. The van der Waals surface area contributed by atoms with Crippen LogP contribution < -0.4 is 0 Å². The average Bonchev–Trinajstić information content (AvgIpc) is 2.92. The lowest BCUT2D eigenvalue weighted by Crippen LogP contribution is -2.08. The molecule has 0 amide bonds. The molecule has 4 heteroatoms. The van der Waals surface area contributed by atoms with Gasteiger partial charge in [-0.1, -0.05) is 6.42 Å². The highest BCUT2D eigenvalue weighted by atomic mass is 32.1. The topological polar surface area (TPSA) is 46.3 Å². The number of rotatable bonds is 2. The Balaban J connectivity index is 1.74. The van der Waals surface area contributed by atoms with E-state index in [1.54, 1.807) is 29.5 Å². The third-order valence-electron chi connectivity index (χ3n) is 3.76. The first kappa shape index (κ1) is 11.1. The maximum atomic E-state index is 9.47. The van der Waals surface area contributed by atoms with Gasteiger partial charge in [0, 0.05) is 16.7 Å². The highest BCUT2D eigenvalue weighted by molar-refractivity contribution is 7.13. The van der Waals surface area contributed by atoms with Gasteiger partial charge in [0.05, 0.1) is 5.69 Å².